The van der Waals surface area contributed by atoms with Crippen LogP contribution in [0.5, 0.6) is 0 Å². The van der Waals surface area contributed by atoms with E-state index in [1.54, 1.807) is 12.1 Å². The first-order chi connectivity index (χ1) is 9.08. The average Bonchev–Trinajstić information content (AvgIpc) is 2.41. The van der Waals surface area contributed by atoms with Gasteiger partial charge in [-0.3, -0.25) is 10.1 Å². The van der Waals surface area contributed by atoms with Crippen LogP contribution in [0.1, 0.15) is 44.2 Å². The zero-order valence-electron chi connectivity index (χ0n) is 11.1. The predicted octanol–water partition coefficient (Wildman–Crippen LogP) is 2.55. The van der Waals surface area contributed by atoms with Crippen molar-refractivity contribution < 1.29 is 10.0 Å². The van der Waals surface area contributed by atoms with Gasteiger partial charge in [-0.1, -0.05) is 25.0 Å². The fraction of sp³-hybridized carbons (Fsp3) is 0.571. The van der Waals surface area contributed by atoms with E-state index in [4.69, 9.17) is 0 Å². The summed E-state index contributed by atoms with van der Waals surface area (Å²) in [5, 5.41) is 23.9. The molecule has 1 aromatic rings. The predicted molar refractivity (Wildman–Crippen MR) is 72.9 cm³/mol. The third-order valence-corrected chi connectivity index (χ3v) is 3.80. The van der Waals surface area contributed by atoms with Crippen molar-refractivity contribution >= 4 is 5.69 Å². The summed E-state index contributed by atoms with van der Waals surface area (Å²) in [6, 6.07) is 6.78. The van der Waals surface area contributed by atoms with Crippen LogP contribution >= 0.6 is 0 Å². The lowest BCUT2D eigenvalue weighted by Gasteiger charge is -2.31. The number of hydrogen-bond donors (Lipinski definition) is 2. The van der Waals surface area contributed by atoms with E-state index in [9.17, 15) is 15.2 Å². The largest absolute Gasteiger partial charge is 0.392 e. The first kappa shape index (κ1) is 14.0. The lowest BCUT2D eigenvalue weighted by molar-refractivity contribution is -0.384. The topological polar surface area (TPSA) is 75.4 Å². The molecule has 0 saturated heterocycles. The maximum Gasteiger partial charge on any atom is 0.269 e. The smallest absolute Gasteiger partial charge is 0.269 e. The Morgan fingerprint density at radius 1 is 1.32 bits per heavy atom. The third-order valence-electron chi connectivity index (χ3n) is 3.80. The highest BCUT2D eigenvalue weighted by Crippen LogP contribution is 2.23. The van der Waals surface area contributed by atoms with Gasteiger partial charge in [-0.25, -0.2) is 0 Å². The van der Waals surface area contributed by atoms with Gasteiger partial charge in [-0.05, 0) is 25.3 Å². The van der Waals surface area contributed by atoms with Gasteiger partial charge in [0.25, 0.3) is 5.69 Å². The van der Waals surface area contributed by atoms with Crippen LogP contribution in [0.2, 0.25) is 0 Å². The molecule has 0 amide bonds. The number of aliphatic hydroxyl groups is 1. The van der Waals surface area contributed by atoms with Gasteiger partial charge in [0, 0.05) is 24.2 Å². The Morgan fingerprint density at radius 3 is 2.53 bits per heavy atom. The van der Waals surface area contributed by atoms with Crippen LogP contribution in [-0.4, -0.2) is 22.2 Å². The molecule has 5 nitrogen and oxygen atoms in total. The van der Waals surface area contributed by atoms with Crippen molar-refractivity contribution in [2.45, 2.75) is 50.8 Å². The fourth-order valence-corrected chi connectivity index (χ4v) is 2.61. The monoisotopic (exact) mass is 264 g/mol. The molecule has 19 heavy (non-hydrogen) atoms. The summed E-state index contributed by atoms with van der Waals surface area (Å²) in [6.45, 7) is 2.02. The molecule has 1 fully saturated rings. The minimum atomic E-state index is -0.396. The molecular formula is C14H20N2O3. The summed E-state index contributed by atoms with van der Waals surface area (Å²) < 4.78 is 0. The van der Waals surface area contributed by atoms with Crippen molar-refractivity contribution in [3.63, 3.8) is 0 Å². The molecule has 0 spiro atoms. The van der Waals surface area contributed by atoms with E-state index in [2.05, 4.69) is 5.32 Å². The van der Waals surface area contributed by atoms with E-state index in [1.165, 1.54) is 12.1 Å². The van der Waals surface area contributed by atoms with Crippen LogP contribution in [0.4, 0.5) is 5.69 Å². The lowest BCUT2D eigenvalue weighted by Crippen LogP contribution is -2.43. The number of hydrogen-bond acceptors (Lipinski definition) is 4. The molecule has 1 aliphatic rings. The van der Waals surface area contributed by atoms with Gasteiger partial charge >= 0.3 is 0 Å². The highest BCUT2D eigenvalue weighted by atomic mass is 16.6. The SMILES string of the molecule is CC(NC1CCCCC1O)c1ccc([N+](=O)[O-])cc1. The second-order valence-corrected chi connectivity index (χ2v) is 5.20. The van der Waals surface area contributed by atoms with Crippen LogP contribution in [0.15, 0.2) is 24.3 Å². The summed E-state index contributed by atoms with van der Waals surface area (Å²) in [7, 11) is 0. The molecule has 5 heteroatoms. The molecule has 1 saturated carbocycles. The maximum atomic E-state index is 10.6. The van der Waals surface area contributed by atoms with Crippen molar-refractivity contribution in [2.24, 2.45) is 0 Å². The Morgan fingerprint density at radius 2 is 1.95 bits per heavy atom. The second kappa shape index (κ2) is 6.12. The number of nitro benzene ring substituents is 1. The van der Waals surface area contributed by atoms with Gasteiger partial charge in [0.15, 0.2) is 0 Å². The minimum Gasteiger partial charge on any atom is -0.392 e. The van der Waals surface area contributed by atoms with Gasteiger partial charge in [0.05, 0.1) is 11.0 Å². The number of aliphatic hydroxyl groups excluding tert-OH is 1. The normalized spacial score (nSPS) is 24.9. The fourth-order valence-electron chi connectivity index (χ4n) is 2.61. The Bertz CT molecular complexity index is 433. The third kappa shape index (κ3) is 3.52. The van der Waals surface area contributed by atoms with Crippen LogP contribution < -0.4 is 5.32 Å². The van der Waals surface area contributed by atoms with Gasteiger partial charge in [0.2, 0.25) is 0 Å². The van der Waals surface area contributed by atoms with E-state index in [-0.39, 0.29) is 23.9 Å². The average molecular weight is 264 g/mol. The molecule has 0 bridgehead atoms. The van der Waals surface area contributed by atoms with E-state index < -0.39 is 4.92 Å². The molecular weight excluding hydrogens is 244 g/mol. The van der Waals surface area contributed by atoms with E-state index in [0.717, 1.165) is 31.2 Å². The van der Waals surface area contributed by atoms with Crippen LogP contribution in [-0.2, 0) is 0 Å². The zero-order chi connectivity index (χ0) is 13.8. The van der Waals surface area contributed by atoms with E-state index >= 15 is 0 Å². The van der Waals surface area contributed by atoms with E-state index in [1.807, 2.05) is 6.92 Å². The molecule has 3 unspecified atom stereocenters. The summed E-state index contributed by atoms with van der Waals surface area (Å²) in [6.07, 6.45) is 3.78. The number of nitrogens with zero attached hydrogens (tertiary/aromatic N) is 1. The van der Waals surface area contributed by atoms with Crippen molar-refractivity contribution in [1.82, 2.24) is 5.32 Å². The molecule has 0 aliphatic heterocycles. The molecule has 0 heterocycles. The molecule has 0 radical (unpaired) electrons. The molecule has 104 valence electrons. The molecule has 2 N–H and O–H groups in total. The van der Waals surface area contributed by atoms with Crippen LogP contribution in [0.25, 0.3) is 0 Å². The highest BCUT2D eigenvalue weighted by Gasteiger charge is 2.24. The maximum absolute atomic E-state index is 10.6. The molecule has 2 rings (SSSR count). The summed E-state index contributed by atoms with van der Waals surface area (Å²) in [5.41, 5.74) is 1.11. The van der Waals surface area contributed by atoms with Gasteiger partial charge in [-0.15, -0.1) is 0 Å². The number of nitro groups is 1. The second-order valence-electron chi connectivity index (χ2n) is 5.20. The number of benzene rings is 1. The van der Waals surface area contributed by atoms with Crippen LogP contribution in [0.3, 0.4) is 0 Å². The molecule has 1 aliphatic carbocycles. The number of nitrogens with one attached hydrogen (secondary N) is 1. The molecule has 3 atom stereocenters. The van der Waals surface area contributed by atoms with Crippen molar-refractivity contribution in [1.29, 1.82) is 0 Å². The van der Waals surface area contributed by atoms with Crippen molar-refractivity contribution in [2.75, 3.05) is 0 Å². The number of non-ortho nitro benzene ring substituents is 1. The Hall–Kier alpha value is -1.46. The lowest BCUT2D eigenvalue weighted by atomic mass is 9.91. The van der Waals surface area contributed by atoms with Crippen molar-refractivity contribution in [3.8, 4) is 0 Å². The Balaban J connectivity index is 1.98. The first-order valence-electron chi connectivity index (χ1n) is 6.76. The number of rotatable bonds is 4. The molecule has 1 aromatic carbocycles. The Labute approximate surface area is 112 Å². The minimum absolute atomic E-state index is 0.0820. The van der Waals surface area contributed by atoms with Crippen LogP contribution in [0, 0.1) is 10.1 Å². The highest BCUT2D eigenvalue weighted by molar-refractivity contribution is 5.34. The van der Waals surface area contributed by atoms with Gasteiger partial charge < -0.3 is 10.4 Å². The Kier molecular flexibility index (Phi) is 4.50. The summed E-state index contributed by atoms with van der Waals surface area (Å²) in [4.78, 5) is 10.2. The van der Waals surface area contributed by atoms with Crippen molar-refractivity contribution in [3.05, 3.63) is 39.9 Å². The van der Waals surface area contributed by atoms with Gasteiger partial charge in [-0.2, -0.15) is 0 Å². The zero-order valence-corrected chi connectivity index (χ0v) is 11.1. The van der Waals surface area contributed by atoms with Gasteiger partial charge in [0.1, 0.15) is 0 Å². The van der Waals surface area contributed by atoms with E-state index in [0.29, 0.717) is 0 Å². The summed E-state index contributed by atoms with van der Waals surface area (Å²) >= 11 is 0. The standard InChI is InChI=1S/C14H20N2O3/c1-10(15-13-4-2-3-5-14(13)17)11-6-8-12(9-7-11)16(18)19/h6-10,13-15,17H,2-5H2,1H3. The quantitative estimate of drug-likeness (QED) is 0.647. The molecule has 0 aromatic heterocycles. The summed E-state index contributed by atoms with van der Waals surface area (Å²) in [5.74, 6) is 0. The first-order valence-corrected chi connectivity index (χ1v) is 6.76.